The largest absolute Gasteiger partial charge is 0.448 e. The minimum atomic E-state index is -4.65. The van der Waals surface area contributed by atoms with Crippen LogP contribution in [0.1, 0.15) is 84.0 Å². The normalized spacial score (nSPS) is 11.4. The van der Waals surface area contributed by atoms with Crippen molar-refractivity contribution >= 4 is 16.4 Å². The van der Waals surface area contributed by atoms with Gasteiger partial charge in [0.2, 0.25) is 0 Å². The van der Waals surface area contributed by atoms with Gasteiger partial charge >= 0.3 is 16.4 Å². The Morgan fingerprint density at radius 2 is 1.39 bits per heavy atom. The molecule has 0 unspecified atom stereocenters. The number of hydrogen-bond donors (Lipinski definition) is 2. The molecule has 0 heterocycles. The van der Waals surface area contributed by atoms with Crippen LogP contribution in [0.3, 0.4) is 0 Å². The van der Waals surface area contributed by atoms with Crippen molar-refractivity contribution in [1.29, 1.82) is 0 Å². The molecule has 0 radical (unpaired) electrons. The van der Waals surface area contributed by atoms with Gasteiger partial charge in [0.1, 0.15) is 0 Å². The molecule has 0 saturated carbocycles. The van der Waals surface area contributed by atoms with E-state index in [-0.39, 0.29) is 12.6 Å². The molecular formula is C16H33NO5S. The molecule has 0 spiro atoms. The van der Waals surface area contributed by atoms with Crippen LogP contribution in [-0.4, -0.2) is 18.9 Å². The molecule has 0 rings (SSSR count). The lowest BCUT2D eigenvalue weighted by Crippen LogP contribution is -2.11. The summed E-state index contributed by atoms with van der Waals surface area (Å²) in [6.45, 7) is 2.22. The number of carbonyl (C=O) groups excluding carboxylic acids is 1. The van der Waals surface area contributed by atoms with Gasteiger partial charge in [-0.2, -0.15) is 8.42 Å². The standard InChI is InChI=1S/C16H30O5S.H3N/c1-2-3-4-5-6-7-8-9-10-11-12-13-14-15-16(17)21-22(18,19)20;/h7-8H,2-6,9-15H2,1H3,(H,18,19,20);1H3/b8-7-;. The first-order valence-corrected chi connectivity index (χ1v) is 9.67. The first kappa shape index (κ1) is 24.3. The van der Waals surface area contributed by atoms with Gasteiger partial charge in [0.25, 0.3) is 0 Å². The van der Waals surface area contributed by atoms with E-state index in [4.69, 9.17) is 4.55 Å². The molecule has 138 valence electrons. The lowest BCUT2D eigenvalue weighted by atomic mass is 10.1. The van der Waals surface area contributed by atoms with Gasteiger partial charge in [0.15, 0.2) is 0 Å². The fourth-order valence-corrected chi connectivity index (χ4v) is 2.46. The van der Waals surface area contributed by atoms with Gasteiger partial charge in [0.05, 0.1) is 0 Å². The fraction of sp³-hybridized carbons (Fsp3) is 0.812. The van der Waals surface area contributed by atoms with Crippen LogP contribution in [0, 0.1) is 0 Å². The van der Waals surface area contributed by atoms with Crippen molar-refractivity contribution in [3.63, 3.8) is 0 Å². The second-order valence-electron chi connectivity index (χ2n) is 5.51. The van der Waals surface area contributed by atoms with E-state index in [0.29, 0.717) is 6.42 Å². The molecule has 0 fully saturated rings. The second kappa shape index (κ2) is 16.0. The molecular weight excluding hydrogens is 318 g/mol. The predicted molar refractivity (Wildman–Crippen MR) is 92.9 cm³/mol. The molecule has 7 heteroatoms. The summed E-state index contributed by atoms with van der Waals surface area (Å²) in [5, 5.41) is 0. The smallest absolute Gasteiger partial charge is 0.344 e. The molecule has 0 amide bonds. The van der Waals surface area contributed by atoms with E-state index < -0.39 is 16.4 Å². The SMILES string of the molecule is CCCCCC/C=C\CCCCCCCC(=O)OS(=O)(=O)O.N. The van der Waals surface area contributed by atoms with Crippen LogP contribution in [0.25, 0.3) is 0 Å². The van der Waals surface area contributed by atoms with Crippen LogP contribution < -0.4 is 6.15 Å². The third kappa shape index (κ3) is 21.1. The van der Waals surface area contributed by atoms with E-state index in [1.54, 1.807) is 0 Å². The predicted octanol–water partition coefficient (Wildman–Crippen LogP) is 4.75. The van der Waals surface area contributed by atoms with Crippen molar-refractivity contribution in [1.82, 2.24) is 6.15 Å². The molecule has 0 bridgehead atoms. The molecule has 4 N–H and O–H groups in total. The van der Waals surface area contributed by atoms with Gasteiger partial charge < -0.3 is 10.3 Å². The van der Waals surface area contributed by atoms with Gasteiger partial charge in [-0.05, 0) is 32.1 Å². The van der Waals surface area contributed by atoms with Crippen molar-refractivity contribution in [2.24, 2.45) is 0 Å². The van der Waals surface area contributed by atoms with E-state index in [9.17, 15) is 13.2 Å². The summed E-state index contributed by atoms with van der Waals surface area (Å²) in [7, 11) is -4.65. The van der Waals surface area contributed by atoms with Crippen molar-refractivity contribution in [3.05, 3.63) is 12.2 Å². The average molecular weight is 352 g/mol. The Bertz CT molecular complexity index is 407. The van der Waals surface area contributed by atoms with Crippen molar-refractivity contribution in [3.8, 4) is 0 Å². The zero-order chi connectivity index (χ0) is 16.7. The molecule has 0 aromatic heterocycles. The summed E-state index contributed by atoms with van der Waals surface area (Å²) < 4.78 is 32.7. The lowest BCUT2D eigenvalue weighted by Gasteiger charge is -2.01. The number of hydrogen-bond acceptors (Lipinski definition) is 5. The molecule has 0 aromatic carbocycles. The maximum absolute atomic E-state index is 11.0. The van der Waals surface area contributed by atoms with Gasteiger partial charge in [0, 0.05) is 6.42 Å². The van der Waals surface area contributed by atoms with Crippen molar-refractivity contribution < 1.29 is 21.9 Å². The highest BCUT2D eigenvalue weighted by Gasteiger charge is 2.12. The lowest BCUT2D eigenvalue weighted by molar-refractivity contribution is -0.134. The molecule has 6 nitrogen and oxygen atoms in total. The van der Waals surface area contributed by atoms with E-state index in [1.165, 1.54) is 32.1 Å². The van der Waals surface area contributed by atoms with Gasteiger partial charge in [-0.1, -0.05) is 57.6 Å². The minimum absolute atomic E-state index is 0. The molecule has 0 aliphatic carbocycles. The van der Waals surface area contributed by atoms with Crippen LogP contribution in [0.4, 0.5) is 0 Å². The van der Waals surface area contributed by atoms with Crippen LogP contribution in [0.2, 0.25) is 0 Å². The zero-order valence-electron chi connectivity index (χ0n) is 14.3. The summed E-state index contributed by atoms with van der Waals surface area (Å²) >= 11 is 0. The first-order chi connectivity index (χ1) is 10.5. The number of allylic oxidation sites excluding steroid dienone is 2. The van der Waals surface area contributed by atoms with E-state index in [2.05, 4.69) is 23.3 Å². The van der Waals surface area contributed by atoms with Gasteiger partial charge in [-0.25, -0.2) is 0 Å². The van der Waals surface area contributed by atoms with E-state index in [1.807, 2.05) is 0 Å². The maximum Gasteiger partial charge on any atom is 0.448 e. The summed E-state index contributed by atoms with van der Waals surface area (Å²) in [5.41, 5.74) is 0. The van der Waals surface area contributed by atoms with Crippen LogP contribution in [-0.2, 0) is 19.4 Å². The maximum atomic E-state index is 11.0. The van der Waals surface area contributed by atoms with E-state index >= 15 is 0 Å². The van der Waals surface area contributed by atoms with E-state index in [0.717, 1.165) is 32.1 Å². The highest BCUT2D eigenvalue weighted by Crippen LogP contribution is 2.09. The highest BCUT2D eigenvalue weighted by molar-refractivity contribution is 7.81. The zero-order valence-corrected chi connectivity index (χ0v) is 15.2. The topological polar surface area (TPSA) is 116 Å². The molecule has 0 atom stereocenters. The molecule has 0 aromatic rings. The average Bonchev–Trinajstić information content (AvgIpc) is 2.42. The molecule has 0 aliphatic rings. The Morgan fingerprint density at radius 1 is 0.913 bits per heavy atom. The summed E-state index contributed by atoms with van der Waals surface area (Å²) in [6.07, 6.45) is 16.7. The monoisotopic (exact) mass is 351 g/mol. The van der Waals surface area contributed by atoms with Crippen LogP contribution in [0.5, 0.6) is 0 Å². The summed E-state index contributed by atoms with van der Waals surface area (Å²) in [4.78, 5) is 11.0. The Kier molecular flexibility index (Phi) is 16.9. The number of carbonyl (C=O) groups is 1. The Hall–Kier alpha value is -0.920. The molecule has 0 aliphatic heterocycles. The Morgan fingerprint density at radius 3 is 1.91 bits per heavy atom. The van der Waals surface area contributed by atoms with Crippen LogP contribution in [0.15, 0.2) is 12.2 Å². The highest BCUT2D eigenvalue weighted by atomic mass is 32.3. The second-order valence-corrected chi connectivity index (χ2v) is 6.53. The quantitative estimate of drug-likeness (QED) is 0.265. The summed E-state index contributed by atoms with van der Waals surface area (Å²) in [6, 6.07) is 0. The minimum Gasteiger partial charge on any atom is -0.344 e. The number of rotatable bonds is 14. The fourth-order valence-electron chi connectivity index (χ4n) is 2.15. The van der Waals surface area contributed by atoms with Gasteiger partial charge in [-0.3, -0.25) is 9.35 Å². The third-order valence-corrected chi connectivity index (χ3v) is 3.74. The molecule has 23 heavy (non-hydrogen) atoms. The number of unbranched alkanes of at least 4 members (excludes halogenated alkanes) is 9. The summed E-state index contributed by atoms with van der Waals surface area (Å²) in [5.74, 6) is -0.895. The molecule has 0 saturated heterocycles. The van der Waals surface area contributed by atoms with Crippen molar-refractivity contribution in [2.75, 3.05) is 0 Å². The van der Waals surface area contributed by atoms with Crippen LogP contribution >= 0.6 is 0 Å². The van der Waals surface area contributed by atoms with Gasteiger partial charge in [-0.15, -0.1) is 0 Å². The Balaban J connectivity index is 0. The van der Waals surface area contributed by atoms with Crippen molar-refractivity contribution in [2.45, 2.75) is 84.0 Å². The Labute approximate surface area is 141 Å². The first-order valence-electron chi connectivity index (χ1n) is 8.30. The third-order valence-electron chi connectivity index (χ3n) is 3.34.